The second-order valence-corrected chi connectivity index (χ2v) is 6.07. The number of hydrogen-bond acceptors (Lipinski definition) is 3. The number of benzene rings is 1. The number of amides is 1. The molecule has 0 aliphatic heterocycles. The largest absolute Gasteiger partial charge is 0.494 e. The lowest BCUT2D eigenvalue weighted by Gasteiger charge is -2.15. The molecule has 2 rings (SSSR count). The van der Waals surface area contributed by atoms with Crippen molar-refractivity contribution in [2.75, 3.05) is 6.61 Å². The fourth-order valence-electron chi connectivity index (χ4n) is 2.73. The van der Waals surface area contributed by atoms with Crippen LogP contribution < -0.4 is 10.1 Å². The summed E-state index contributed by atoms with van der Waals surface area (Å²) in [5, 5.41) is 3.12. The van der Waals surface area contributed by atoms with Crippen LogP contribution in [0.3, 0.4) is 0 Å². The molecular weight excluding hydrogens is 278 g/mol. The Bertz CT molecular complexity index is 493. The predicted molar refractivity (Wildman–Crippen MR) is 87.3 cm³/mol. The summed E-state index contributed by atoms with van der Waals surface area (Å²) in [6.45, 7) is 7.00. The van der Waals surface area contributed by atoms with E-state index >= 15 is 0 Å². The number of ether oxygens (including phenoxy) is 2. The van der Waals surface area contributed by atoms with E-state index in [1.54, 1.807) is 0 Å². The average Bonchev–Trinajstić information content (AvgIpc) is 2.99. The molecule has 1 saturated carbocycles. The first-order valence-corrected chi connectivity index (χ1v) is 8.28. The second-order valence-electron chi connectivity index (χ2n) is 6.07. The van der Waals surface area contributed by atoms with Crippen LogP contribution in [0.4, 0.5) is 0 Å². The highest BCUT2D eigenvalue weighted by Crippen LogP contribution is 2.23. The van der Waals surface area contributed by atoms with E-state index in [-0.39, 0.29) is 12.0 Å². The Morgan fingerprint density at radius 2 is 2.05 bits per heavy atom. The molecule has 1 amide bonds. The summed E-state index contributed by atoms with van der Waals surface area (Å²) in [6, 6.07) is 5.91. The number of carbonyl (C=O) groups is 1. The summed E-state index contributed by atoms with van der Waals surface area (Å²) in [4.78, 5) is 12.4. The lowest BCUT2D eigenvalue weighted by molar-refractivity contribution is 0.0641. The standard InChI is InChI=1S/C18H27NO3/c1-4-21-17-10-9-14(11-15(17)12-22-13(2)3)18(20)19-16-7-5-6-8-16/h9-11,13,16H,4-8,12H2,1-3H3,(H,19,20). The zero-order valence-corrected chi connectivity index (χ0v) is 13.9. The van der Waals surface area contributed by atoms with Crippen LogP contribution in [0.25, 0.3) is 0 Å². The molecule has 0 aromatic heterocycles. The molecule has 1 aliphatic carbocycles. The maximum Gasteiger partial charge on any atom is 0.251 e. The SMILES string of the molecule is CCOc1ccc(C(=O)NC2CCCC2)cc1COC(C)C. The zero-order chi connectivity index (χ0) is 15.9. The van der Waals surface area contributed by atoms with Gasteiger partial charge < -0.3 is 14.8 Å². The third-order valence-electron chi connectivity index (χ3n) is 3.89. The van der Waals surface area contributed by atoms with Gasteiger partial charge in [-0.3, -0.25) is 4.79 Å². The summed E-state index contributed by atoms with van der Waals surface area (Å²) in [5.74, 6) is 0.793. The van der Waals surface area contributed by atoms with Gasteiger partial charge in [-0.2, -0.15) is 0 Å². The van der Waals surface area contributed by atoms with E-state index in [2.05, 4.69) is 5.32 Å². The van der Waals surface area contributed by atoms with Gasteiger partial charge in [-0.1, -0.05) is 12.8 Å². The molecule has 0 atom stereocenters. The van der Waals surface area contributed by atoms with Gasteiger partial charge in [-0.25, -0.2) is 0 Å². The first-order valence-electron chi connectivity index (χ1n) is 8.28. The highest BCUT2D eigenvalue weighted by molar-refractivity contribution is 5.94. The monoisotopic (exact) mass is 305 g/mol. The van der Waals surface area contributed by atoms with Gasteiger partial charge in [0, 0.05) is 17.2 Å². The van der Waals surface area contributed by atoms with Gasteiger partial charge >= 0.3 is 0 Å². The van der Waals surface area contributed by atoms with E-state index < -0.39 is 0 Å². The van der Waals surface area contributed by atoms with Crippen molar-refractivity contribution in [1.82, 2.24) is 5.32 Å². The normalized spacial score (nSPS) is 15.3. The third kappa shape index (κ3) is 4.73. The van der Waals surface area contributed by atoms with Gasteiger partial charge in [0.1, 0.15) is 5.75 Å². The van der Waals surface area contributed by atoms with Crippen LogP contribution in [0.15, 0.2) is 18.2 Å². The van der Waals surface area contributed by atoms with E-state index in [4.69, 9.17) is 9.47 Å². The van der Waals surface area contributed by atoms with E-state index in [1.165, 1.54) is 12.8 Å². The fourth-order valence-corrected chi connectivity index (χ4v) is 2.73. The van der Waals surface area contributed by atoms with E-state index in [0.29, 0.717) is 24.8 Å². The van der Waals surface area contributed by atoms with Crippen LogP contribution in [0.2, 0.25) is 0 Å². The minimum atomic E-state index is 0.000690. The Morgan fingerprint density at radius 1 is 1.32 bits per heavy atom. The van der Waals surface area contributed by atoms with Crippen molar-refractivity contribution in [3.63, 3.8) is 0 Å². The molecule has 4 nitrogen and oxygen atoms in total. The molecule has 1 aromatic rings. The van der Waals surface area contributed by atoms with Crippen molar-refractivity contribution < 1.29 is 14.3 Å². The van der Waals surface area contributed by atoms with Gasteiger partial charge in [0.05, 0.1) is 19.3 Å². The van der Waals surface area contributed by atoms with Crippen molar-refractivity contribution in [3.8, 4) is 5.75 Å². The number of carbonyl (C=O) groups excluding carboxylic acids is 1. The van der Waals surface area contributed by atoms with Crippen molar-refractivity contribution in [2.45, 2.75) is 65.2 Å². The molecule has 122 valence electrons. The smallest absolute Gasteiger partial charge is 0.251 e. The molecule has 1 aromatic carbocycles. The van der Waals surface area contributed by atoms with Crippen molar-refractivity contribution >= 4 is 5.91 Å². The van der Waals surface area contributed by atoms with Crippen LogP contribution in [0, 0.1) is 0 Å². The van der Waals surface area contributed by atoms with Gasteiger partial charge in [-0.15, -0.1) is 0 Å². The van der Waals surface area contributed by atoms with Gasteiger partial charge in [0.2, 0.25) is 0 Å². The van der Waals surface area contributed by atoms with E-state index in [1.807, 2.05) is 39.0 Å². The maximum absolute atomic E-state index is 12.4. The Kier molecular flexibility index (Phi) is 6.25. The summed E-state index contributed by atoms with van der Waals surface area (Å²) < 4.78 is 11.3. The molecule has 0 bridgehead atoms. The molecule has 0 saturated heterocycles. The molecule has 1 N–H and O–H groups in total. The third-order valence-corrected chi connectivity index (χ3v) is 3.89. The molecule has 0 spiro atoms. The first-order chi connectivity index (χ1) is 10.6. The average molecular weight is 305 g/mol. The lowest BCUT2D eigenvalue weighted by atomic mass is 10.1. The zero-order valence-electron chi connectivity index (χ0n) is 13.9. The lowest BCUT2D eigenvalue weighted by Crippen LogP contribution is -2.32. The second kappa shape index (κ2) is 8.18. The Morgan fingerprint density at radius 3 is 2.68 bits per heavy atom. The topological polar surface area (TPSA) is 47.6 Å². The molecule has 22 heavy (non-hydrogen) atoms. The highest BCUT2D eigenvalue weighted by atomic mass is 16.5. The summed E-state index contributed by atoms with van der Waals surface area (Å²) >= 11 is 0. The molecule has 1 fully saturated rings. The molecule has 4 heteroatoms. The van der Waals surface area contributed by atoms with Crippen LogP contribution in [0.1, 0.15) is 62.4 Å². The van der Waals surface area contributed by atoms with Crippen molar-refractivity contribution in [2.24, 2.45) is 0 Å². The summed E-state index contributed by atoms with van der Waals surface area (Å²) in [5.41, 5.74) is 1.60. The molecular formula is C18H27NO3. The van der Waals surface area contributed by atoms with E-state index in [9.17, 15) is 4.79 Å². The quantitative estimate of drug-likeness (QED) is 0.836. The van der Waals surface area contributed by atoms with Crippen LogP contribution >= 0.6 is 0 Å². The Labute approximate surface area is 133 Å². The summed E-state index contributed by atoms with van der Waals surface area (Å²) in [6.07, 6.45) is 4.74. The number of nitrogens with one attached hydrogen (secondary N) is 1. The summed E-state index contributed by atoms with van der Waals surface area (Å²) in [7, 11) is 0. The first kappa shape index (κ1) is 16.8. The fraction of sp³-hybridized carbons (Fsp3) is 0.611. The van der Waals surface area contributed by atoms with Gasteiger partial charge in [-0.05, 0) is 51.8 Å². The maximum atomic E-state index is 12.4. The molecule has 0 heterocycles. The predicted octanol–water partition coefficient (Wildman–Crippen LogP) is 3.68. The van der Waals surface area contributed by atoms with Crippen molar-refractivity contribution in [1.29, 1.82) is 0 Å². The van der Waals surface area contributed by atoms with Crippen molar-refractivity contribution in [3.05, 3.63) is 29.3 Å². The van der Waals surface area contributed by atoms with E-state index in [0.717, 1.165) is 24.2 Å². The highest BCUT2D eigenvalue weighted by Gasteiger charge is 2.18. The minimum Gasteiger partial charge on any atom is -0.494 e. The molecule has 1 aliphatic rings. The molecule has 0 radical (unpaired) electrons. The number of rotatable bonds is 7. The van der Waals surface area contributed by atoms with Crippen LogP contribution in [-0.4, -0.2) is 24.7 Å². The molecule has 0 unspecified atom stereocenters. The minimum absolute atomic E-state index is 0.000690. The van der Waals surface area contributed by atoms with Crippen LogP contribution in [-0.2, 0) is 11.3 Å². The Hall–Kier alpha value is -1.55. The van der Waals surface area contributed by atoms with Crippen LogP contribution in [0.5, 0.6) is 5.75 Å². The van der Waals surface area contributed by atoms with Gasteiger partial charge in [0.15, 0.2) is 0 Å². The number of hydrogen-bond donors (Lipinski definition) is 1. The Balaban J connectivity index is 2.09. The van der Waals surface area contributed by atoms with Gasteiger partial charge in [0.25, 0.3) is 5.91 Å².